The zero-order valence-corrected chi connectivity index (χ0v) is 24.8. The second-order valence-corrected chi connectivity index (χ2v) is 11.0. The number of carbonyl (C=O) groups is 1. The van der Waals surface area contributed by atoms with E-state index in [0.29, 0.717) is 12.4 Å². The van der Waals surface area contributed by atoms with Gasteiger partial charge in [-0.05, 0) is 35.7 Å². The molecular formula is C34H37N7O2. The first-order valence-electron chi connectivity index (χ1n) is 14.6. The van der Waals surface area contributed by atoms with E-state index in [4.69, 9.17) is 9.84 Å². The van der Waals surface area contributed by atoms with Crippen LogP contribution in [0.3, 0.4) is 0 Å². The topological polar surface area (TPSA) is 89.2 Å². The van der Waals surface area contributed by atoms with Crippen molar-refractivity contribution in [3.8, 4) is 28.1 Å². The minimum atomic E-state index is -0.263. The average molecular weight is 576 g/mol. The monoisotopic (exact) mass is 575 g/mol. The molecule has 9 nitrogen and oxygen atoms in total. The number of hydrogen-bond acceptors (Lipinski definition) is 5. The lowest BCUT2D eigenvalue weighted by molar-refractivity contribution is 0.159. The molecule has 43 heavy (non-hydrogen) atoms. The van der Waals surface area contributed by atoms with Gasteiger partial charge in [0, 0.05) is 57.0 Å². The number of aromatic nitrogens is 4. The molecule has 3 aromatic carbocycles. The van der Waals surface area contributed by atoms with Crippen molar-refractivity contribution in [1.29, 1.82) is 0 Å². The molecule has 1 aliphatic heterocycles. The number of aryl methyl sites for hydroxylation is 1. The number of likely N-dealkylation sites (tertiary alicyclic amines) is 1. The number of nitrogens with zero attached hydrogens (tertiary/aromatic N) is 5. The van der Waals surface area contributed by atoms with Gasteiger partial charge < -0.3 is 10.1 Å². The number of ether oxygens (including phenoxy) is 1. The van der Waals surface area contributed by atoms with Gasteiger partial charge in [0.05, 0.1) is 24.5 Å². The summed E-state index contributed by atoms with van der Waals surface area (Å²) in [5.41, 5.74) is 6.94. The molecule has 0 radical (unpaired) electrons. The molecule has 1 aliphatic rings. The minimum Gasteiger partial charge on any atom is -0.383 e. The van der Waals surface area contributed by atoms with Gasteiger partial charge in [-0.1, -0.05) is 72.8 Å². The highest BCUT2D eigenvalue weighted by Crippen LogP contribution is 2.32. The van der Waals surface area contributed by atoms with Crippen LogP contribution in [0.1, 0.15) is 17.0 Å². The predicted molar refractivity (Wildman–Crippen MR) is 169 cm³/mol. The minimum absolute atomic E-state index is 0.0888. The van der Waals surface area contributed by atoms with Crippen LogP contribution in [-0.4, -0.2) is 69.9 Å². The van der Waals surface area contributed by atoms with Gasteiger partial charge in [-0.25, -0.2) is 9.48 Å². The Balaban J connectivity index is 1.27. The molecule has 9 heteroatoms. The van der Waals surface area contributed by atoms with Crippen molar-refractivity contribution in [3.63, 3.8) is 0 Å². The predicted octanol–water partition coefficient (Wildman–Crippen LogP) is 5.48. The first-order valence-corrected chi connectivity index (χ1v) is 14.6. The van der Waals surface area contributed by atoms with E-state index in [1.165, 1.54) is 16.7 Å². The molecule has 0 bridgehead atoms. The van der Waals surface area contributed by atoms with E-state index >= 15 is 0 Å². The molecule has 1 saturated heterocycles. The summed E-state index contributed by atoms with van der Waals surface area (Å²) in [6.07, 6.45) is 3.71. The highest BCUT2D eigenvalue weighted by Gasteiger charge is 2.35. The summed E-state index contributed by atoms with van der Waals surface area (Å²) in [6.45, 7) is 4.99. The Morgan fingerprint density at radius 3 is 2.42 bits per heavy atom. The SMILES string of the molecule is COCCN1C[C@@H](NC(=O)Nc2c(C)c(-c3cnn(C)c3)nn2-c2ccccc2)[C@H](c2cccc(-c3ccccc3)c2)C1. The highest BCUT2D eigenvalue weighted by atomic mass is 16.5. The number of methoxy groups -OCH3 is 1. The summed E-state index contributed by atoms with van der Waals surface area (Å²) in [5.74, 6) is 0.747. The van der Waals surface area contributed by atoms with Gasteiger partial charge in [0.25, 0.3) is 0 Å². The average Bonchev–Trinajstić information content (AvgIpc) is 3.74. The van der Waals surface area contributed by atoms with Gasteiger partial charge in [0.2, 0.25) is 0 Å². The Labute approximate surface area is 252 Å². The van der Waals surface area contributed by atoms with Crippen molar-refractivity contribution >= 4 is 11.8 Å². The molecule has 0 unspecified atom stereocenters. The summed E-state index contributed by atoms with van der Waals surface area (Å²) < 4.78 is 8.91. The molecule has 3 heterocycles. The third-order valence-corrected chi connectivity index (χ3v) is 8.08. The normalized spacial score (nSPS) is 16.8. The zero-order chi connectivity index (χ0) is 29.8. The van der Waals surface area contributed by atoms with Crippen molar-refractivity contribution in [2.75, 3.05) is 38.7 Å². The fraction of sp³-hybridized carbons (Fsp3) is 0.265. The molecule has 5 aromatic rings. The zero-order valence-electron chi connectivity index (χ0n) is 24.8. The van der Waals surface area contributed by atoms with Crippen molar-refractivity contribution in [2.45, 2.75) is 18.9 Å². The maximum absolute atomic E-state index is 13.7. The number of rotatable bonds is 9. The lowest BCUT2D eigenvalue weighted by atomic mass is 9.91. The van der Waals surface area contributed by atoms with Crippen molar-refractivity contribution in [1.82, 2.24) is 29.8 Å². The Morgan fingerprint density at radius 1 is 0.953 bits per heavy atom. The lowest BCUT2D eigenvalue weighted by Crippen LogP contribution is -2.42. The molecule has 2 N–H and O–H groups in total. The van der Waals surface area contributed by atoms with Crippen LogP contribution >= 0.6 is 0 Å². The molecule has 0 saturated carbocycles. The van der Waals surface area contributed by atoms with E-state index in [1.807, 2.05) is 56.6 Å². The highest BCUT2D eigenvalue weighted by molar-refractivity contribution is 5.91. The third-order valence-electron chi connectivity index (χ3n) is 8.08. The number of hydrogen-bond donors (Lipinski definition) is 2. The van der Waals surface area contributed by atoms with Crippen LogP contribution < -0.4 is 10.6 Å². The third kappa shape index (κ3) is 6.23. The van der Waals surface area contributed by atoms with Gasteiger partial charge in [-0.2, -0.15) is 10.2 Å². The number of para-hydroxylation sites is 1. The van der Waals surface area contributed by atoms with Crippen LogP contribution in [0.5, 0.6) is 0 Å². The molecule has 2 aromatic heterocycles. The molecule has 2 amide bonds. The molecule has 220 valence electrons. The van der Waals surface area contributed by atoms with Gasteiger partial charge >= 0.3 is 6.03 Å². The number of benzene rings is 3. The molecule has 6 rings (SSSR count). The second-order valence-electron chi connectivity index (χ2n) is 11.0. The molecule has 0 aliphatic carbocycles. The first kappa shape index (κ1) is 28.4. The van der Waals surface area contributed by atoms with Crippen molar-refractivity contribution < 1.29 is 9.53 Å². The maximum atomic E-state index is 13.7. The van der Waals surface area contributed by atoms with Gasteiger partial charge in [-0.15, -0.1) is 0 Å². The van der Waals surface area contributed by atoms with Gasteiger partial charge in [0.1, 0.15) is 11.5 Å². The lowest BCUT2D eigenvalue weighted by Gasteiger charge is -2.21. The van der Waals surface area contributed by atoms with Crippen LogP contribution in [0.4, 0.5) is 10.6 Å². The summed E-state index contributed by atoms with van der Waals surface area (Å²) in [6, 6.07) is 28.5. The first-order chi connectivity index (χ1) is 21.0. The number of carbonyl (C=O) groups excluding carboxylic acids is 1. The molecule has 2 atom stereocenters. The number of amides is 2. The largest absolute Gasteiger partial charge is 0.383 e. The number of urea groups is 1. The Hall–Kier alpha value is -4.73. The summed E-state index contributed by atoms with van der Waals surface area (Å²) in [7, 11) is 3.60. The fourth-order valence-electron chi connectivity index (χ4n) is 5.88. The van der Waals surface area contributed by atoms with Crippen LogP contribution in [0.2, 0.25) is 0 Å². The summed E-state index contributed by atoms with van der Waals surface area (Å²) in [4.78, 5) is 16.1. The van der Waals surface area contributed by atoms with E-state index in [-0.39, 0.29) is 18.0 Å². The maximum Gasteiger partial charge on any atom is 0.320 e. The number of anilines is 1. The van der Waals surface area contributed by atoms with Gasteiger partial charge in [0.15, 0.2) is 0 Å². The quantitative estimate of drug-likeness (QED) is 0.243. The molecule has 0 spiro atoms. The van der Waals surface area contributed by atoms with E-state index in [1.54, 1.807) is 22.7 Å². The molecule has 1 fully saturated rings. The Bertz CT molecular complexity index is 1680. The summed E-state index contributed by atoms with van der Waals surface area (Å²) in [5, 5.41) is 15.7. The standard InChI is InChI=1S/C34H37N7O2/c1-24-32(28-20-35-39(2)21-28)38-41(29-15-8-5-9-16-29)33(24)37-34(42)36-31-23-40(17-18-43-3)22-30(31)27-14-10-13-26(19-27)25-11-6-4-7-12-25/h4-16,19-21,30-31H,17-18,22-23H2,1-3H3,(H2,36,37,42)/t30-,31+/m0/s1. The Kier molecular flexibility index (Phi) is 8.35. The van der Waals surface area contributed by atoms with E-state index in [0.717, 1.165) is 42.1 Å². The van der Waals surface area contributed by atoms with Crippen LogP contribution in [-0.2, 0) is 11.8 Å². The summed E-state index contributed by atoms with van der Waals surface area (Å²) >= 11 is 0. The molecular weight excluding hydrogens is 538 g/mol. The van der Waals surface area contributed by atoms with Crippen molar-refractivity contribution in [3.05, 3.63) is 108 Å². The van der Waals surface area contributed by atoms with E-state index in [2.05, 4.69) is 69.2 Å². The van der Waals surface area contributed by atoms with E-state index < -0.39 is 0 Å². The number of nitrogens with one attached hydrogen (secondary N) is 2. The van der Waals surface area contributed by atoms with Crippen LogP contribution in [0.15, 0.2) is 97.3 Å². The Morgan fingerprint density at radius 2 is 1.70 bits per heavy atom. The van der Waals surface area contributed by atoms with Crippen LogP contribution in [0, 0.1) is 6.92 Å². The smallest absolute Gasteiger partial charge is 0.320 e. The second kappa shape index (κ2) is 12.6. The van der Waals surface area contributed by atoms with Crippen LogP contribution in [0.25, 0.3) is 28.1 Å². The van der Waals surface area contributed by atoms with E-state index in [9.17, 15) is 4.79 Å². The van der Waals surface area contributed by atoms with Crippen molar-refractivity contribution in [2.24, 2.45) is 7.05 Å². The fourth-order valence-corrected chi connectivity index (χ4v) is 5.88. The van der Waals surface area contributed by atoms with Gasteiger partial charge in [-0.3, -0.25) is 14.9 Å².